The van der Waals surface area contributed by atoms with Crippen LogP contribution in [0.5, 0.6) is 5.75 Å². The second-order valence-corrected chi connectivity index (χ2v) is 16.2. The van der Waals surface area contributed by atoms with E-state index in [4.69, 9.17) is 0 Å². The van der Waals surface area contributed by atoms with Crippen molar-refractivity contribution in [2.24, 2.45) is 0 Å². The van der Waals surface area contributed by atoms with Crippen molar-refractivity contribution in [3.05, 3.63) is 28.8 Å². The molecule has 1 N–H and O–H groups in total. The van der Waals surface area contributed by atoms with Crippen molar-refractivity contribution in [2.45, 2.75) is 54.2 Å². The summed E-state index contributed by atoms with van der Waals surface area (Å²) in [7, 11) is 0. The topological polar surface area (TPSA) is 20.2 Å². The maximum atomic E-state index is 10.7. The fourth-order valence-corrected chi connectivity index (χ4v) is 3.26. The Morgan fingerprint density at radius 1 is 0.737 bits per heavy atom. The fraction of sp³-hybridized carbons (Fsp3) is 0.600. The van der Waals surface area contributed by atoms with Crippen LogP contribution in [0.15, 0.2) is 12.1 Å². The van der Waals surface area contributed by atoms with E-state index < -0.39 is 0 Å². The number of benzene rings is 1. The molecule has 0 fully saturated rings. The first-order valence-electron chi connectivity index (χ1n) is 6.49. The van der Waals surface area contributed by atoms with E-state index in [1.54, 1.807) is 50.6 Å². The number of aromatic hydroxyl groups is 1. The monoisotopic (exact) mass is 448 g/mol. The molecule has 0 saturated heterocycles. The van der Waals surface area contributed by atoms with Crippen LogP contribution in [0.25, 0.3) is 0 Å². The molecule has 1 nitrogen and oxygen atoms in total. The zero-order valence-corrected chi connectivity index (χ0v) is 20.1. The van der Waals surface area contributed by atoms with Gasteiger partial charge >= 0.3 is 144 Å². The van der Waals surface area contributed by atoms with Crippen molar-refractivity contribution >= 4 is 50.6 Å². The van der Waals surface area contributed by atoms with Gasteiger partial charge in [0.2, 0.25) is 0 Å². The van der Waals surface area contributed by atoms with Gasteiger partial charge in [-0.3, -0.25) is 0 Å². The van der Waals surface area contributed by atoms with Crippen LogP contribution in [-0.4, -0.2) is 55.7 Å². The van der Waals surface area contributed by atoms with Crippen LogP contribution < -0.4 is 0 Å². The predicted octanol–water partition coefficient (Wildman–Crippen LogP) is 0.997. The Kier molecular flexibility index (Phi) is 5.11. The molecule has 1 aromatic rings. The second kappa shape index (κ2) is 5.48. The number of rotatable bonds is 3. The van der Waals surface area contributed by atoms with Crippen molar-refractivity contribution in [1.29, 1.82) is 0 Å². The molecule has 108 valence electrons. The zero-order valence-electron chi connectivity index (χ0n) is 12.8. The molecule has 0 aliphatic rings. The van der Waals surface area contributed by atoms with Crippen LogP contribution in [0.2, 0.25) is 0 Å². The molecule has 0 aliphatic heterocycles. The molecule has 0 bridgehead atoms. The van der Waals surface area contributed by atoms with Crippen LogP contribution in [0, 0.1) is 0 Å². The summed E-state index contributed by atoms with van der Waals surface area (Å²) in [4.78, 5) is 0. The van der Waals surface area contributed by atoms with Gasteiger partial charge in [0.15, 0.2) is 0 Å². The average molecular weight is 448 g/mol. The van der Waals surface area contributed by atoms with E-state index in [0.29, 0.717) is 5.75 Å². The second-order valence-electron chi connectivity index (χ2n) is 7.09. The third-order valence-corrected chi connectivity index (χ3v) is 5.25. The van der Waals surface area contributed by atoms with Crippen molar-refractivity contribution in [3.63, 3.8) is 0 Å². The molecular weight excluding hydrogens is 421 g/mol. The summed E-state index contributed by atoms with van der Waals surface area (Å²) in [6.07, 6.45) is 0. The van der Waals surface area contributed by atoms with E-state index >= 15 is 0 Å². The molecule has 0 amide bonds. The molecule has 0 aliphatic carbocycles. The fourth-order valence-electron chi connectivity index (χ4n) is 1.99. The van der Waals surface area contributed by atoms with E-state index in [1.807, 2.05) is 0 Å². The molecule has 1 rings (SSSR count). The van der Waals surface area contributed by atoms with Crippen LogP contribution >= 0.6 is 0 Å². The molecule has 0 heterocycles. The van der Waals surface area contributed by atoms with Gasteiger partial charge in [0.25, 0.3) is 0 Å². The Balaban J connectivity index is 3.68. The predicted molar refractivity (Wildman–Crippen MR) is 92.8 cm³/mol. The first-order chi connectivity index (χ1) is 8.24. The van der Waals surface area contributed by atoms with Gasteiger partial charge in [-0.1, -0.05) is 0 Å². The third kappa shape index (κ3) is 4.33. The Bertz CT molecular complexity index is 439. The van der Waals surface area contributed by atoms with Crippen molar-refractivity contribution in [3.8, 4) is 5.75 Å². The molecule has 4 heteroatoms. The average Bonchev–Trinajstić information content (AvgIpc) is 2.11. The normalized spacial score (nSPS) is 13.7. The number of hydrogen-bond donors (Lipinski definition) is 1. The Morgan fingerprint density at radius 2 is 1.05 bits per heavy atom. The van der Waals surface area contributed by atoms with Crippen LogP contribution in [-0.2, 0) is 12.6 Å². The quantitative estimate of drug-likeness (QED) is 0.685. The summed E-state index contributed by atoms with van der Waals surface area (Å²) >= 11 is 5.04. The van der Waals surface area contributed by atoms with E-state index in [1.165, 1.54) is 5.56 Å². The van der Waals surface area contributed by atoms with Gasteiger partial charge in [-0.2, -0.15) is 0 Å². The summed E-state index contributed by atoms with van der Waals surface area (Å²) < 4.78 is 0.220. The molecule has 3 unspecified atom stereocenters. The van der Waals surface area contributed by atoms with E-state index in [-0.39, 0.29) is 12.6 Å². The van der Waals surface area contributed by atoms with Gasteiger partial charge in [0, 0.05) is 0 Å². The van der Waals surface area contributed by atoms with E-state index in [0.717, 1.165) is 11.1 Å². The molecule has 1 aromatic carbocycles. The maximum absolute atomic E-state index is 10.7. The van der Waals surface area contributed by atoms with Gasteiger partial charge in [-0.05, 0) is 0 Å². The third-order valence-electron chi connectivity index (χ3n) is 3.24. The number of hydrogen-bond acceptors (Lipinski definition) is 1. The van der Waals surface area contributed by atoms with Crippen LogP contribution in [0.1, 0.15) is 58.2 Å². The van der Waals surface area contributed by atoms with Gasteiger partial charge < -0.3 is 0 Å². The molecule has 3 atom stereocenters. The van der Waals surface area contributed by atoms with Gasteiger partial charge in [-0.15, -0.1) is 0 Å². The van der Waals surface area contributed by atoms with Crippen LogP contribution in [0.3, 0.4) is 0 Å². The van der Waals surface area contributed by atoms with Gasteiger partial charge in [0.05, 0.1) is 0 Å². The minimum absolute atomic E-state index is 0.0261. The Morgan fingerprint density at radius 3 is 1.26 bits per heavy atom. The van der Waals surface area contributed by atoms with Crippen LogP contribution in [0.4, 0.5) is 0 Å². The summed E-state index contributed by atoms with van der Waals surface area (Å²) in [6.45, 7) is 13.3. The van der Waals surface area contributed by atoms with Crippen molar-refractivity contribution in [1.82, 2.24) is 0 Å². The SMILES string of the molecule is CC(C)([AsH2])c1cc(C(C)(C)[AsH2])c(O)c(C(C)(C)[AsH2])c1. The zero-order chi connectivity index (χ0) is 15.2. The number of phenolic OH excluding ortho intramolecular Hbond substituents is 1. The molecule has 19 heavy (non-hydrogen) atoms. The summed E-state index contributed by atoms with van der Waals surface area (Å²) in [5.74, 6) is 0.504. The Hall–Kier alpha value is 0.695. The van der Waals surface area contributed by atoms with E-state index in [2.05, 4.69) is 53.7 Å². The molecule has 0 aromatic heterocycles. The minimum atomic E-state index is 0.0261. The first kappa shape index (κ1) is 17.7. The molecule has 0 spiro atoms. The summed E-state index contributed by atoms with van der Waals surface area (Å²) in [5, 5.41) is 10.7. The summed E-state index contributed by atoms with van der Waals surface area (Å²) in [5.41, 5.74) is 3.53. The van der Waals surface area contributed by atoms with Crippen molar-refractivity contribution in [2.75, 3.05) is 0 Å². The number of phenols is 1. The standard InChI is InChI=1S/C15H27As3O/c1-13(2,16)9-7-10(14(3,4)17)12(19)11(8-9)15(5,6)18/h7-8,19H,16-18H2,1-6H3. The molecule has 0 radical (unpaired) electrons. The molecular formula is C15H27As3O. The van der Waals surface area contributed by atoms with E-state index in [9.17, 15) is 5.11 Å². The Labute approximate surface area is 143 Å². The summed E-state index contributed by atoms with van der Waals surface area (Å²) in [6, 6.07) is 4.42. The van der Waals surface area contributed by atoms with Crippen molar-refractivity contribution < 1.29 is 5.11 Å². The van der Waals surface area contributed by atoms with Gasteiger partial charge in [0.1, 0.15) is 0 Å². The molecule has 0 saturated carbocycles. The van der Waals surface area contributed by atoms with Gasteiger partial charge in [-0.25, -0.2) is 0 Å². The first-order valence-corrected chi connectivity index (χ1v) is 10.1.